The van der Waals surface area contributed by atoms with Crippen LogP contribution in [-0.4, -0.2) is 7.11 Å². The molecule has 0 N–H and O–H groups in total. The number of hydrogen-bond acceptors (Lipinski definition) is 1. The van der Waals surface area contributed by atoms with Crippen LogP contribution in [0.5, 0.6) is 0 Å². The van der Waals surface area contributed by atoms with E-state index < -0.39 is 23.3 Å². The SMILES string of the molecule is COC(F)(F)c1c(F)cc(C)cc1F. The smallest absolute Gasteiger partial charge is 0.320 e. The Labute approximate surface area is 78.3 Å². The van der Waals surface area contributed by atoms with Crippen molar-refractivity contribution >= 4 is 0 Å². The molecule has 0 radical (unpaired) electrons. The molecular weight excluding hydrogens is 200 g/mol. The molecule has 0 saturated heterocycles. The van der Waals surface area contributed by atoms with Gasteiger partial charge in [0.2, 0.25) is 0 Å². The van der Waals surface area contributed by atoms with Gasteiger partial charge in [-0.05, 0) is 24.6 Å². The molecule has 0 saturated carbocycles. The molecule has 1 rings (SSSR count). The topological polar surface area (TPSA) is 9.23 Å². The summed E-state index contributed by atoms with van der Waals surface area (Å²) in [5.74, 6) is -2.62. The molecule has 0 bridgehead atoms. The summed E-state index contributed by atoms with van der Waals surface area (Å²) in [6.07, 6.45) is -3.94. The molecule has 0 spiro atoms. The summed E-state index contributed by atoms with van der Waals surface area (Å²) in [4.78, 5) is 0. The minimum atomic E-state index is -3.94. The molecular formula is C9H8F4O. The number of benzene rings is 1. The summed E-state index contributed by atoms with van der Waals surface area (Å²) >= 11 is 0. The van der Waals surface area contributed by atoms with E-state index in [0.717, 1.165) is 12.1 Å². The van der Waals surface area contributed by atoms with E-state index in [0.29, 0.717) is 7.11 Å². The van der Waals surface area contributed by atoms with Gasteiger partial charge in [-0.2, -0.15) is 8.78 Å². The van der Waals surface area contributed by atoms with Crippen molar-refractivity contribution in [2.24, 2.45) is 0 Å². The second kappa shape index (κ2) is 3.57. The summed E-state index contributed by atoms with van der Waals surface area (Å²) in [7, 11) is 0.679. The summed E-state index contributed by atoms with van der Waals surface area (Å²) in [6, 6.07) is 1.65. The fourth-order valence-corrected chi connectivity index (χ4v) is 1.08. The Hall–Kier alpha value is -1.10. The lowest BCUT2D eigenvalue weighted by molar-refractivity contribution is -0.235. The van der Waals surface area contributed by atoms with Gasteiger partial charge in [-0.25, -0.2) is 8.78 Å². The van der Waals surface area contributed by atoms with Gasteiger partial charge < -0.3 is 4.74 Å². The third-order valence-electron chi connectivity index (χ3n) is 1.73. The van der Waals surface area contributed by atoms with Gasteiger partial charge in [0.1, 0.15) is 17.2 Å². The molecule has 0 aromatic heterocycles. The number of hydrogen-bond donors (Lipinski definition) is 0. The molecule has 0 unspecified atom stereocenters. The van der Waals surface area contributed by atoms with Gasteiger partial charge in [0.25, 0.3) is 0 Å². The zero-order chi connectivity index (χ0) is 10.9. The maximum Gasteiger partial charge on any atom is 0.388 e. The van der Waals surface area contributed by atoms with E-state index in [9.17, 15) is 17.6 Å². The van der Waals surface area contributed by atoms with E-state index >= 15 is 0 Å². The Morgan fingerprint density at radius 2 is 1.57 bits per heavy atom. The van der Waals surface area contributed by atoms with E-state index in [1.54, 1.807) is 0 Å². The maximum absolute atomic E-state index is 13.0. The average molecular weight is 208 g/mol. The zero-order valence-corrected chi connectivity index (χ0v) is 7.57. The van der Waals surface area contributed by atoms with Crippen LogP contribution in [0.15, 0.2) is 12.1 Å². The Balaban J connectivity index is 3.35. The van der Waals surface area contributed by atoms with Crippen LogP contribution in [0.4, 0.5) is 17.6 Å². The molecule has 0 atom stereocenters. The molecule has 0 fully saturated rings. The van der Waals surface area contributed by atoms with E-state index in [4.69, 9.17) is 0 Å². The minimum Gasteiger partial charge on any atom is -0.320 e. The lowest BCUT2D eigenvalue weighted by atomic mass is 10.1. The molecule has 0 aliphatic carbocycles. The highest BCUT2D eigenvalue weighted by Gasteiger charge is 2.38. The number of methoxy groups -OCH3 is 1. The largest absolute Gasteiger partial charge is 0.388 e. The fraction of sp³-hybridized carbons (Fsp3) is 0.333. The summed E-state index contributed by atoms with van der Waals surface area (Å²) in [6.45, 7) is 1.40. The average Bonchev–Trinajstić information content (AvgIpc) is 2.01. The first-order valence-corrected chi connectivity index (χ1v) is 3.77. The zero-order valence-electron chi connectivity index (χ0n) is 7.57. The van der Waals surface area contributed by atoms with Crippen molar-refractivity contribution in [3.63, 3.8) is 0 Å². The highest BCUT2D eigenvalue weighted by Crippen LogP contribution is 2.33. The first-order chi connectivity index (χ1) is 6.38. The van der Waals surface area contributed by atoms with Crippen molar-refractivity contribution in [1.82, 2.24) is 0 Å². The van der Waals surface area contributed by atoms with E-state index in [1.165, 1.54) is 6.92 Å². The van der Waals surface area contributed by atoms with Crippen molar-refractivity contribution in [2.75, 3.05) is 7.11 Å². The molecule has 14 heavy (non-hydrogen) atoms. The van der Waals surface area contributed by atoms with Crippen LogP contribution >= 0.6 is 0 Å². The number of halogens is 4. The van der Waals surface area contributed by atoms with Crippen LogP contribution in [0.3, 0.4) is 0 Å². The van der Waals surface area contributed by atoms with Gasteiger partial charge in [-0.3, -0.25) is 0 Å². The number of aryl methyl sites for hydroxylation is 1. The predicted molar refractivity (Wildman–Crippen MR) is 42.0 cm³/mol. The molecule has 78 valence electrons. The van der Waals surface area contributed by atoms with Crippen molar-refractivity contribution in [3.8, 4) is 0 Å². The van der Waals surface area contributed by atoms with Crippen molar-refractivity contribution in [2.45, 2.75) is 13.0 Å². The van der Waals surface area contributed by atoms with Crippen LogP contribution in [-0.2, 0) is 10.8 Å². The second-order valence-corrected chi connectivity index (χ2v) is 2.82. The van der Waals surface area contributed by atoms with Crippen LogP contribution in [0, 0.1) is 18.6 Å². The lowest BCUT2D eigenvalue weighted by Crippen LogP contribution is -2.20. The van der Waals surface area contributed by atoms with E-state index in [1.807, 2.05) is 0 Å². The molecule has 0 heterocycles. The number of ether oxygens (including phenoxy) is 1. The minimum absolute atomic E-state index is 0.232. The van der Waals surface area contributed by atoms with E-state index in [-0.39, 0.29) is 5.56 Å². The molecule has 1 aromatic rings. The third kappa shape index (κ3) is 1.87. The van der Waals surface area contributed by atoms with Crippen LogP contribution < -0.4 is 0 Å². The van der Waals surface area contributed by atoms with Crippen LogP contribution in [0.2, 0.25) is 0 Å². The highest BCUT2D eigenvalue weighted by molar-refractivity contribution is 5.27. The van der Waals surface area contributed by atoms with Crippen molar-refractivity contribution < 1.29 is 22.3 Å². The van der Waals surface area contributed by atoms with Gasteiger partial charge in [0.05, 0.1) is 0 Å². The second-order valence-electron chi connectivity index (χ2n) is 2.82. The number of rotatable bonds is 2. The maximum atomic E-state index is 13.0. The van der Waals surface area contributed by atoms with Gasteiger partial charge in [0.15, 0.2) is 0 Å². The summed E-state index contributed by atoms with van der Waals surface area (Å²) in [5, 5.41) is 0. The van der Waals surface area contributed by atoms with Gasteiger partial charge in [-0.1, -0.05) is 0 Å². The van der Waals surface area contributed by atoms with Gasteiger partial charge in [-0.15, -0.1) is 0 Å². The van der Waals surface area contributed by atoms with Crippen LogP contribution in [0.1, 0.15) is 11.1 Å². The monoisotopic (exact) mass is 208 g/mol. The standard InChI is InChI=1S/C9H8F4O/c1-5-3-6(10)8(7(11)4-5)9(12,13)14-2/h3-4H,1-2H3. The summed E-state index contributed by atoms with van der Waals surface area (Å²) < 4.78 is 55.4. The first kappa shape index (κ1) is 11.0. The van der Waals surface area contributed by atoms with Crippen molar-refractivity contribution in [3.05, 3.63) is 34.9 Å². The Morgan fingerprint density at radius 1 is 1.14 bits per heavy atom. The molecule has 0 aliphatic rings. The third-order valence-corrected chi connectivity index (χ3v) is 1.73. The van der Waals surface area contributed by atoms with Crippen molar-refractivity contribution in [1.29, 1.82) is 0 Å². The Bertz CT molecular complexity index is 326. The molecule has 0 aliphatic heterocycles. The molecule has 1 aromatic carbocycles. The lowest BCUT2D eigenvalue weighted by Gasteiger charge is -2.15. The van der Waals surface area contributed by atoms with Gasteiger partial charge in [0, 0.05) is 7.11 Å². The Morgan fingerprint density at radius 3 is 1.93 bits per heavy atom. The first-order valence-electron chi connectivity index (χ1n) is 3.77. The highest BCUT2D eigenvalue weighted by atomic mass is 19.3. The fourth-order valence-electron chi connectivity index (χ4n) is 1.08. The van der Waals surface area contributed by atoms with Gasteiger partial charge >= 0.3 is 6.11 Å². The quantitative estimate of drug-likeness (QED) is 0.679. The molecule has 0 amide bonds. The Kier molecular flexibility index (Phi) is 2.80. The number of alkyl halides is 2. The molecule has 1 nitrogen and oxygen atoms in total. The van der Waals surface area contributed by atoms with Crippen LogP contribution in [0.25, 0.3) is 0 Å². The van der Waals surface area contributed by atoms with E-state index in [2.05, 4.69) is 4.74 Å². The molecule has 5 heteroatoms. The summed E-state index contributed by atoms with van der Waals surface area (Å²) in [5.41, 5.74) is -1.12. The normalized spacial score (nSPS) is 11.9. The predicted octanol–water partition coefficient (Wildman–Crippen LogP) is 2.97.